The van der Waals surface area contributed by atoms with E-state index in [1.165, 1.54) is 12.1 Å². The molecule has 3 aromatic rings. The lowest BCUT2D eigenvalue weighted by Gasteiger charge is -2.41. The van der Waals surface area contributed by atoms with Crippen LogP contribution in [0.4, 0.5) is 14.5 Å². The van der Waals surface area contributed by atoms with E-state index >= 15 is 0 Å². The van der Waals surface area contributed by atoms with Gasteiger partial charge in [0.15, 0.2) is 11.3 Å². The minimum absolute atomic E-state index is 0.0400. The van der Waals surface area contributed by atoms with Crippen LogP contribution in [0.3, 0.4) is 0 Å². The molecule has 3 fully saturated rings. The second-order valence-corrected chi connectivity index (χ2v) is 10.2. The average Bonchev–Trinajstić information content (AvgIpc) is 3.27. The number of rotatable bonds is 7. The molecule has 2 aromatic heterocycles. The van der Waals surface area contributed by atoms with Crippen LogP contribution in [0.15, 0.2) is 30.3 Å². The maximum Gasteiger partial charge on any atom is 0.387 e. The molecule has 1 saturated carbocycles. The quantitative estimate of drug-likeness (QED) is 0.487. The van der Waals surface area contributed by atoms with Gasteiger partial charge >= 0.3 is 12.6 Å². The van der Waals surface area contributed by atoms with Crippen molar-refractivity contribution < 1.29 is 28.2 Å². The Balaban J connectivity index is 1.39. The lowest BCUT2D eigenvalue weighted by molar-refractivity contribution is -0.0498. The number of morpholine rings is 1. The Hall–Kier alpha value is -3.31. The van der Waals surface area contributed by atoms with Gasteiger partial charge in [-0.15, -0.1) is 0 Å². The van der Waals surface area contributed by atoms with Crippen LogP contribution in [-0.2, 0) is 4.74 Å². The van der Waals surface area contributed by atoms with E-state index in [9.17, 15) is 18.7 Å². The molecule has 0 unspecified atom stereocenters. The number of carboxylic acids is 1. The highest BCUT2D eigenvalue weighted by atomic mass is 19.3. The third kappa shape index (κ3) is 4.80. The number of hydrogen-bond acceptors (Lipinski definition) is 7. The van der Waals surface area contributed by atoms with E-state index in [0.29, 0.717) is 17.4 Å². The number of alkyl halides is 2. The number of ether oxygens (including phenoxy) is 2. The van der Waals surface area contributed by atoms with Gasteiger partial charge in [0.2, 0.25) is 0 Å². The Kier molecular flexibility index (Phi) is 6.87. The van der Waals surface area contributed by atoms with Crippen LogP contribution in [0.2, 0.25) is 0 Å². The van der Waals surface area contributed by atoms with E-state index < -0.39 is 12.6 Å². The summed E-state index contributed by atoms with van der Waals surface area (Å²) in [5.41, 5.74) is 2.82. The van der Waals surface area contributed by atoms with E-state index in [-0.39, 0.29) is 17.4 Å². The number of aromatic nitrogens is 3. The number of nitrogens with zero attached hydrogens (tertiary/aromatic N) is 5. The summed E-state index contributed by atoms with van der Waals surface area (Å²) in [6, 6.07) is 8.36. The van der Waals surface area contributed by atoms with Crippen molar-refractivity contribution in [3.05, 3.63) is 41.7 Å². The zero-order valence-electron chi connectivity index (χ0n) is 21.1. The molecule has 1 aliphatic carbocycles. The lowest BCUT2D eigenvalue weighted by atomic mass is 9.82. The first-order valence-corrected chi connectivity index (χ1v) is 13.3. The monoisotopic (exact) mass is 527 g/mol. The Morgan fingerprint density at radius 3 is 2.37 bits per heavy atom. The predicted octanol–water partition coefficient (Wildman–Crippen LogP) is 4.29. The van der Waals surface area contributed by atoms with Crippen molar-refractivity contribution in [3.63, 3.8) is 0 Å². The highest BCUT2D eigenvalue weighted by Gasteiger charge is 2.32. The number of pyridine rings is 1. The maximum atomic E-state index is 12.6. The molecule has 2 saturated heterocycles. The van der Waals surface area contributed by atoms with Gasteiger partial charge in [0, 0.05) is 38.1 Å². The highest BCUT2D eigenvalue weighted by Crippen LogP contribution is 2.43. The summed E-state index contributed by atoms with van der Waals surface area (Å²) in [6.45, 7) is 2.16. The van der Waals surface area contributed by atoms with Crippen molar-refractivity contribution in [2.45, 2.75) is 50.7 Å². The smallest absolute Gasteiger partial charge is 0.387 e. The second kappa shape index (κ2) is 10.5. The van der Waals surface area contributed by atoms with E-state index in [4.69, 9.17) is 9.84 Å². The van der Waals surface area contributed by atoms with Crippen molar-refractivity contribution >= 4 is 22.7 Å². The molecule has 202 valence electrons. The van der Waals surface area contributed by atoms with Gasteiger partial charge < -0.3 is 19.5 Å². The van der Waals surface area contributed by atoms with Crippen LogP contribution in [0.5, 0.6) is 5.75 Å². The van der Waals surface area contributed by atoms with Gasteiger partial charge in [-0.2, -0.15) is 13.9 Å². The molecular formula is C27H31F2N5O4. The molecule has 0 bridgehead atoms. The summed E-state index contributed by atoms with van der Waals surface area (Å²) >= 11 is 0. The van der Waals surface area contributed by atoms with Crippen molar-refractivity contribution in [2.24, 2.45) is 0 Å². The summed E-state index contributed by atoms with van der Waals surface area (Å²) in [4.78, 5) is 21.4. The summed E-state index contributed by atoms with van der Waals surface area (Å²) in [5.74, 6) is -0.778. The Morgan fingerprint density at radius 2 is 1.76 bits per heavy atom. The number of benzene rings is 1. The third-order valence-electron chi connectivity index (χ3n) is 8.03. The van der Waals surface area contributed by atoms with Gasteiger partial charge in [-0.25, -0.2) is 14.5 Å². The van der Waals surface area contributed by atoms with Gasteiger partial charge in [-0.1, -0.05) is 6.42 Å². The minimum atomic E-state index is -2.91. The minimum Gasteiger partial charge on any atom is -0.477 e. The van der Waals surface area contributed by atoms with Gasteiger partial charge in [-0.05, 0) is 56.0 Å². The van der Waals surface area contributed by atoms with E-state index in [1.54, 1.807) is 22.9 Å². The van der Waals surface area contributed by atoms with Crippen LogP contribution < -0.4 is 9.64 Å². The number of piperidine rings is 1. The average molecular weight is 528 g/mol. The fourth-order valence-electron chi connectivity index (χ4n) is 5.81. The normalized spacial score (nSPS) is 19.7. The number of carbonyl (C=O) groups is 1. The van der Waals surface area contributed by atoms with Gasteiger partial charge in [0.25, 0.3) is 0 Å². The molecule has 11 heteroatoms. The van der Waals surface area contributed by atoms with E-state index in [0.717, 1.165) is 88.3 Å². The van der Waals surface area contributed by atoms with E-state index in [2.05, 4.69) is 19.5 Å². The summed E-state index contributed by atoms with van der Waals surface area (Å²) < 4.78 is 36.9. The first-order valence-electron chi connectivity index (χ1n) is 13.3. The Labute approximate surface area is 218 Å². The first-order chi connectivity index (χ1) is 18.5. The van der Waals surface area contributed by atoms with Crippen molar-refractivity contribution in [1.29, 1.82) is 0 Å². The molecule has 1 N–H and O–H groups in total. The Morgan fingerprint density at radius 1 is 1.05 bits per heavy atom. The standard InChI is InChI=1S/C27H31F2N5O4/c28-27(29)38-20-6-4-19(5-7-20)34-25-23(24(31-34)17-2-1-3-17)22(16-21(30-25)26(35)36)33-10-8-18(9-11-33)32-12-14-37-15-13-32/h4-7,16-18,27H,1-3,8-15H2,(H,35,36). The molecule has 0 radical (unpaired) electrons. The molecule has 4 heterocycles. The molecule has 6 rings (SSSR count). The fraction of sp³-hybridized carbons (Fsp3) is 0.519. The van der Waals surface area contributed by atoms with Crippen molar-refractivity contribution in [3.8, 4) is 11.4 Å². The zero-order valence-corrected chi connectivity index (χ0v) is 21.1. The molecule has 3 aliphatic rings. The van der Waals surface area contributed by atoms with Crippen molar-refractivity contribution in [1.82, 2.24) is 19.7 Å². The molecule has 0 atom stereocenters. The van der Waals surface area contributed by atoms with Crippen LogP contribution in [0.1, 0.15) is 54.2 Å². The number of anilines is 1. The van der Waals surface area contributed by atoms with Crippen LogP contribution >= 0.6 is 0 Å². The van der Waals surface area contributed by atoms with Crippen LogP contribution in [-0.4, -0.2) is 82.8 Å². The number of fused-ring (bicyclic) bond motifs is 1. The summed E-state index contributed by atoms with van der Waals surface area (Å²) in [5, 5.41) is 15.7. The predicted molar refractivity (Wildman–Crippen MR) is 137 cm³/mol. The topological polar surface area (TPSA) is 93.0 Å². The Bertz CT molecular complexity index is 1300. The third-order valence-corrected chi connectivity index (χ3v) is 8.03. The SMILES string of the molecule is O=C(O)c1cc(N2CCC(N3CCOCC3)CC2)c2c(C3CCC3)nn(-c3ccc(OC(F)F)cc3)c2n1. The van der Waals surface area contributed by atoms with Crippen molar-refractivity contribution in [2.75, 3.05) is 44.3 Å². The summed E-state index contributed by atoms with van der Waals surface area (Å²) in [7, 11) is 0. The second-order valence-electron chi connectivity index (χ2n) is 10.2. The number of hydrogen-bond donors (Lipinski definition) is 1. The maximum absolute atomic E-state index is 12.6. The largest absolute Gasteiger partial charge is 0.477 e. The highest BCUT2D eigenvalue weighted by molar-refractivity contribution is 5.98. The molecule has 38 heavy (non-hydrogen) atoms. The molecule has 2 aliphatic heterocycles. The van der Waals surface area contributed by atoms with Gasteiger partial charge in [0.1, 0.15) is 5.75 Å². The molecule has 9 nitrogen and oxygen atoms in total. The molecule has 1 aromatic carbocycles. The number of halogens is 2. The fourth-order valence-corrected chi connectivity index (χ4v) is 5.81. The van der Waals surface area contributed by atoms with Gasteiger partial charge in [0.05, 0.1) is 35.7 Å². The molecular weight excluding hydrogens is 496 g/mol. The number of carboxylic acid groups (broad SMARTS) is 1. The zero-order chi connectivity index (χ0) is 26.2. The van der Waals surface area contributed by atoms with E-state index in [1.807, 2.05) is 0 Å². The first kappa shape index (κ1) is 25.0. The van der Waals surface area contributed by atoms with Crippen LogP contribution in [0, 0.1) is 0 Å². The summed E-state index contributed by atoms with van der Waals surface area (Å²) in [6.07, 6.45) is 5.15. The van der Waals surface area contributed by atoms with Crippen LogP contribution in [0.25, 0.3) is 16.7 Å². The lowest BCUT2D eigenvalue weighted by Crippen LogP contribution is -2.49. The molecule has 0 amide bonds. The number of aromatic carboxylic acids is 1. The molecule has 0 spiro atoms. The van der Waals surface area contributed by atoms with Gasteiger partial charge in [-0.3, -0.25) is 4.90 Å².